The molecule has 1 atom stereocenters. The zero-order valence-corrected chi connectivity index (χ0v) is 15.9. The Morgan fingerprint density at radius 2 is 1.61 bits per heavy atom. The fourth-order valence-electron chi connectivity index (χ4n) is 3.46. The van der Waals surface area contributed by atoms with E-state index in [-0.39, 0.29) is 11.7 Å². The van der Waals surface area contributed by atoms with Gasteiger partial charge in [0.15, 0.2) is 0 Å². The van der Waals surface area contributed by atoms with Crippen molar-refractivity contribution < 1.29 is 4.39 Å². The zero-order valence-electron chi connectivity index (χ0n) is 15.1. The van der Waals surface area contributed by atoms with Crippen molar-refractivity contribution in [3.8, 4) is 11.1 Å². The number of rotatable bonds is 5. The predicted molar refractivity (Wildman–Crippen MR) is 111 cm³/mol. The average Bonchev–Trinajstić information content (AvgIpc) is 2.74. The highest BCUT2D eigenvalue weighted by Gasteiger charge is 2.20. The van der Waals surface area contributed by atoms with E-state index in [0.29, 0.717) is 5.02 Å². The van der Waals surface area contributed by atoms with Gasteiger partial charge in [-0.1, -0.05) is 41.9 Å². The van der Waals surface area contributed by atoms with Crippen molar-refractivity contribution in [3.63, 3.8) is 0 Å². The summed E-state index contributed by atoms with van der Waals surface area (Å²) in [6, 6.07) is 20.4. The van der Waals surface area contributed by atoms with Crippen LogP contribution in [0.4, 0.5) is 4.39 Å². The summed E-state index contributed by atoms with van der Waals surface area (Å²) >= 11 is 6.05. The molecular formula is C24H18ClFN2. The number of pyridine rings is 2. The maximum atomic E-state index is 14.2. The topological polar surface area (TPSA) is 25.8 Å². The monoisotopic (exact) mass is 388 g/mol. The highest BCUT2D eigenvalue weighted by atomic mass is 35.5. The van der Waals surface area contributed by atoms with Crippen LogP contribution in [0.25, 0.3) is 11.1 Å². The molecule has 0 amide bonds. The lowest BCUT2D eigenvalue weighted by Crippen LogP contribution is -2.08. The third kappa shape index (κ3) is 4.10. The lowest BCUT2D eigenvalue weighted by Gasteiger charge is -2.21. The standard InChI is InChI=1S/C24H18ClFN2/c25-20-7-5-18(6-8-20)24-14-21(26)9-10-22(24)23(19-4-2-12-28-16-19)13-17-3-1-11-27-15-17/h1-12,14-16,23H,13H2. The van der Waals surface area contributed by atoms with Gasteiger partial charge in [-0.2, -0.15) is 0 Å². The number of aromatic nitrogens is 2. The Kier molecular flexibility index (Phi) is 5.45. The van der Waals surface area contributed by atoms with Gasteiger partial charge >= 0.3 is 0 Å². The molecule has 2 aromatic heterocycles. The number of nitrogens with zero attached hydrogens (tertiary/aromatic N) is 2. The molecule has 2 nitrogen and oxygen atoms in total. The van der Waals surface area contributed by atoms with E-state index in [0.717, 1.165) is 34.2 Å². The second-order valence-electron chi connectivity index (χ2n) is 6.64. The van der Waals surface area contributed by atoms with Crippen molar-refractivity contribution in [2.24, 2.45) is 0 Å². The van der Waals surface area contributed by atoms with E-state index in [1.54, 1.807) is 18.5 Å². The van der Waals surface area contributed by atoms with Crippen LogP contribution >= 0.6 is 11.6 Å². The second-order valence-corrected chi connectivity index (χ2v) is 7.08. The van der Waals surface area contributed by atoms with Gasteiger partial charge in [0.2, 0.25) is 0 Å². The fraction of sp³-hybridized carbons (Fsp3) is 0.0833. The van der Waals surface area contributed by atoms with Gasteiger partial charge in [-0.15, -0.1) is 0 Å². The first-order chi connectivity index (χ1) is 13.7. The summed E-state index contributed by atoms with van der Waals surface area (Å²) in [4.78, 5) is 8.54. The summed E-state index contributed by atoms with van der Waals surface area (Å²) in [7, 11) is 0. The minimum Gasteiger partial charge on any atom is -0.264 e. The van der Waals surface area contributed by atoms with Gasteiger partial charge in [0.05, 0.1) is 0 Å². The zero-order chi connectivity index (χ0) is 19.3. The first-order valence-electron chi connectivity index (χ1n) is 9.05. The summed E-state index contributed by atoms with van der Waals surface area (Å²) in [5, 5.41) is 0.654. The van der Waals surface area contributed by atoms with Crippen LogP contribution in [0.1, 0.15) is 22.6 Å². The number of hydrogen-bond donors (Lipinski definition) is 0. The third-order valence-electron chi connectivity index (χ3n) is 4.80. The summed E-state index contributed by atoms with van der Waals surface area (Å²) in [6.45, 7) is 0. The van der Waals surface area contributed by atoms with Crippen molar-refractivity contribution >= 4 is 11.6 Å². The van der Waals surface area contributed by atoms with Gasteiger partial charge in [0, 0.05) is 35.7 Å². The van der Waals surface area contributed by atoms with Crippen LogP contribution in [0.2, 0.25) is 5.02 Å². The van der Waals surface area contributed by atoms with E-state index in [2.05, 4.69) is 22.1 Å². The molecule has 0 aliphatic rings. The van der Waals surface area contributed by atoms with Crippen LogP contribution in [0.3, 0.4) is 0 Å². The Morgan fingerprint density at radius 1 is 0.857 bits per heavy atom. The minimum atomic E-state index is -0.264. The molecule has 0 aliphatic carbocycles. The molecule has 0 spiro atoms. The van der Waals surface area contributed by atoms with Gasteiger partial charge in [-0.25, -0.2) is 4.39 Å². The molecule has 0 fully saturated rings. The number of benzene rings is 2. The molecule has 0 N–H and O–H groups in total. The lowest BCUT2D eigenvalue weighted by atomic mass is 9.83. The van der Waals surface area contributed by atoms with Crippen LogP contribution in [0.5, 0.6) is 0 Å². The Balaban J connectivity index is 1.85. The van der Waals surface area contributed by atoms with E-state index >= 15 is 0 Å². The minimum absolute atomic E-state index is 0.0178. The summed E-state index contributed by atoms with van der Waals surface area (Å²) in [5.41, 5.74) is 5.02. The van der Waals surface area contributed by atoms with Gasteiger partial charge in [-0.3, -0.25) is 9.97 Å². The predicted octanol–water partition coefficient (Wildman–Crippen LogP) is 6.31. The molecule has 4 rings (SSSR count). The third-order valence-corrected chi connectivity index (χ3v) is 5.05. The Bertz CT molecular complexity index is 1050. The summed E-state index contributed by atoms with van der Waals surface area (Å²) < 4.78 is 14.2. The average molecular weight is 389 g/mol. The van der Waals surface area contributed by atoms with E-state index in [1.807, 2.05) is 54.9 Å². The molecule has 2 heterocycles. The fourth-order valence-corrected chi connectivity index (χ4v) is 3.58. The van der Waals surface area contributed by atoms with Crippen LogP contribution in [-0.2, 0) is 6.42 Å². The first-order valence-corrected chi connectivity index (χ1v) is 9.43. The molecule has 0 saturated heterocycles. The van der Waals surface area contributed by atoms with E-state index < -0.39 is 0 Å². The molecule has 2 aromatic carbocycles. The van der Waals surface area contributed by atoms with Crippen molar-refractivity contribution in [2.45, 2.75) is 12.3 Å². The van der Waals surface area contributed by atoms with Gasteiger partial charge in [0.1, 0.15) is 5.82 Å². The molecule has 28 heavy (non-hydrogen) atoms. The Hall–Kier alpha value is -3.04. The summed E-state index contributed by atoms with van der Waals surface area (Å²) in [6.07, 6.45) is 8.01. The quantitative estimate of drug-likeness (QED) is 0.400. The number of hydrogen-bond acceptors (Lipinski definition) is 2. The molecular weight excluding hydrogens is 371 g/mol. The molecule has 0 radical (unpaired) electrons. The maximum absolute atomic E-state index is 14.2. The van der Waals surface area contributed by atoms with E-state index in [4.69, 9.17) is 11.6 Å². The molecule has 4 heteroatoms. The largest absolute Gasteiger partial charge is 0.264 e. The van der Waals surface area contributed by atoms with Gasteiger partial charge in [-0.05, 0) is 70.6 Å². The van der Waals surface area contributed by atoms with E-state index in [9.17, 15) is 4.39 Å². The van der Waals surface area contributed by atoms with Crippen molar-refractivity contribution in [3.05, 3.63) is 119 Å². The summed E-state index contributed by atoms with van der Waals surface area (Å²) in [5.74, 6) is -0.246. The van der Waals surface area contributed by atoms with Crippen molar-refractivity contribution in [1.29, 1.82) is 0 Å². The Morgan fingerprint density at radius 3 is 2.29 bits per heavy atom. The molecule has 0 aliphatic heterocycles. The van der Waals surface area contributed by atoms with Gasteiger partial charge in [0.25, 0.3) is 0 Å². The van der Waals surface area contributed by atoms with Crippen molar-refractivity contribution in [1.82, 2.24) is 9.97 Å². The second kappa shape index (κ2) is 8.32. The van der Waals surface area contributed by atoms with E-state index in [1.165, 1.54) is 6.07 Å². The van der Waals surface area contributed by atoms with Crippen LogP contribution < -0.4 is 0 Å². The lowest BCUT2D eigenvalue weighted by molar-refractivity contribution is 0.626. The van der Waals surface area contributed by atoms with Crippen LogP contribution in [-0.4, -0.2) is 9.97 Å². The molecule has 0 saturated carbocycles. The normalized spacial score (nSPS) is 11.9. The highest BCUT2D eigenvalue weighted by Crippen LogP contribution is 2.36. The smallest absolute Gasteiger partial charge is 0.123 e. The first kappa shape index (κ1) is 18.3. The molecule has 4 aromatic rings. The van der Waals surface area contributed by atoms with Crippen LogP contribution in [0, 0.1) is 5.82 Å². The van der Waals surface area contributed by atoms with Gasteiger partial charge < -0.3 is 0 Å². The molecule has 138 valence electrons. The van der Waals surface area contributed by atoms with Crippen molar-refractivity contribution in [2.75, 3.05) is 0 Å². The molecule has 0 bridgehead atoms. The maximum Gasteiger partial charge on any atom is 0.123 e. The molecule has 1 unspecified atom stereocenters. The number of halogens is 2. The van der Waals surface area contributed by atoms with Crippen LogP contribution in [0.15, 0.2) is 91.5 Å². The highest BCUT2D eigenvalue weighted by molar-refractivity contribution is 6.30. The Labute approximate surface area is 168 Å². The SMILES string of the molecule is Fc1ccc(C(Cc2cccnc2)c2cccnc2)c(-c2ccc(Cl)cc2)c1.